The van der Waals surface area contributed by atoms with Crippen LogP contribution >= 0.6 is 0 Å². The monoisotopic (exact) mass is 298 g/mol. The second-order valence-corrected chi connectivity index (χ2v) is 5.27. The molecule has 0 unspecified atom stereocenters. The third-order valence-electron chi connectivity index (χ3n) is 3.45. The van der Waals surface area contributed by atoms with Gasteiger partial charge in [-0.15, -0.1) is 0 Å². The fraction of sp³-hybridized carbons (Fsp3) is 0.278. The fourth-order valence-corrected chi connectivity index (χ4v) is 2.38. The summed E-state index contributed by atoms with van der Waals surface area (Å²) in [5.41, 5.74) is 2.33. The smallest absolute Gasteiger partial charge is 0.311 e. The molecule has 0 aliphatic carbocycles. The van der Waals surface area contributed by atoms with E-state index in [1.165, 1.54) is 5.56 Å². The predicted molar refractivity (Wildman–Crippen MR) is 82.6 cm³/mol. The lowest BCUT2D eigenvalue weighted by Crippen LogP contribution is -2.15. The van der Waals surface area contributed by atoms with E-state index in [1.54, 1.807) is 18.2 Å². The summed E-state index contributed by atoms with van der Waals surface area (Å²) in [5.74, 6) is 1.54. The van der Waals surface area contributed by atoms with Crippen molar-refractivity contribution in [2.24, 2.45) is 0 Å². The largest absolute Gasteiger partial charge is 0.486 e. The summed E-state index contributed by atoms with van der Waals surface area (Å²) in [6.45, 7) is 3.09. The minimum absolute atomic E-state index is 0.252. The van der Waals surface area contributed by atoms with Crippen molar-refractivity contribution in [3.05, 3.63) is 53.6 Å². The lowest BCUT2D eigenvalue weighted by molar-refractivity contribution is -0.134. The maximum Gasteiger partial charge on any atom is 0.311 e. The van der Waals surface area contributed by atoms with Crippen LogP contribution in [0, 0.1) is 6.92 Å². The number of esters is 1. The second-order valence-electron chi connectivity index (χ2n) is 5.27. The molecule has 2 aromatic rings. The van der Waals surface area contributed by atoms with Gasteiger partial charge in [0.1, 0.15) is 19.0 Å². The molecule has 1 heterocycles. The zero-order valence-electron chi connectivity index (χ0n) is 12.5. The van der Waals surface area contributed by atoms with Gasteiger partial charge in [-0.05, 0) is 31.0 Å². The molecule has 3 rings (SSSR count). The van der Waals surface area contributed by atoms with Gasteiger partial charge in [0, 0.05) is 12.5 Å². The number of carbonyl (C=O) groups excluding carboxylic acids is 1. The molecule has 0 N–H and O–H groups in total. The van der Waals surface area contributed by atoms with Gasteiger partial charge >= 0.3 is 5.97 Å². The van der Waals surface area contributed by atoms with E-state index in [0.29, 0.717) is 43.3 Å². The first-order chi connectivity index (χ1) is 10.7. The van der Waals surface area contributed by atoms with Gasteiger partial charge in [-0.3, -0.25) is 4.79 Å². The summed E-state index contributed by atoms with van der Waals surface area (Å²) in [6.07, 6.45) is 1.02. The number of hydrogen-bond donors (Lipinski definition) is 0. The summed E-state index contributed by atoms with van der Waals surface area (Å²) >= 11 is 0. The molecular formula is C18H18O4. The van der Waals surface area contributed by atoms with E-state index in [-0.39, 0.29) is 5.97 Å². The summed E-state index contributed by atoms with van der Waals surface area (Å²) < 4.78 is 16.3. The summed E-state index contributed by atoms with van der Waals surface area (Å²) in [6, 6.07) is 13.3. The average molecular weight is 298 g/mol. The maximum absolute atomic E-state index is 11.9. The van der Waals surface area contributed by atoms with Gasteiger partial charge in [0.2, 0.25) is 0 Å². The molecule has 114 valence electrons. The molecule has 0 amide bonds. The van der Waals surface area contributed by atoms with Crippen molar-refractivity contribution >= 4 is 5.97 Å². The Hall–Kier alpha value is -2.49. The first-order valence-electron chi connectivity index (χ1n) is 7.36. The predicted octanol–water partition coefficient (Wildman–Crippen LogP) is 3.30. The van der Waals surface area contributed by atoms with E-state index in [0.717, 1.165) is 5.56 Å². The molecule has 0 bridgehead atoms. The number of hydrogen-bond acceptors (Lipinski definition) is 4. The second kappa shape index (κ2) is 6.52. The molecule has 0 atom stereocenters. The minimum Gasteiger partial charge on any atom is -0.486 e. The molecule has 22 heavy (non-hydrogen) atoms. The molecule has 1 aliphatic rings. The van der Waals surface area contributed by atoms with Crippen LogP contribution in [0.1, 0.15) is 17.5 Å². The number of benzene rings is 2. The van der Waals surface area contributed by atoms with Crippen LogP contribution in [0.4, 0.5) is 0 Å². The van der Waals surface area contributed by atoms with Gasteiger partial charge in [0.05, 0.1) is 0 Å². The highest BCUT2D eigenvalue weighted by Crippen LogP contribution is 2.33. The molecule has 4 heteroatoms. The first-order valence-corrected chi connectivity index (χ1v) is 7.36. The van der Waals surface area contributed by atoms with Crippen molar-refractivity contribution < 1.29 is 19.0 Å². The zero-order chi connectivity index (χ0) is 15.4. The molecule has 0 spiro atoms. The van der Waals surface area contributed by atoms with Gasteiger partial charge in [-0.2, -0.15) is 0 Å². The minimum atomic E-state index is -0.252. The molecule has 0 fully saturated rings. The molecule has 1 aliphatic heterocycles. The Labute approximate surface area is 129 Å². The van der Waals surface area contributed by atoms with Gasteiger partial charge in [0.25, 0.3) is 0 Å². The molecule has 2 aromatic carbocycles. The third-order valence-corrected chi connectivity index (χ3v) is 3.45. The van der Waals surface area contributed by atoms with E-state index in [9.17, 15) is 4.79 Å². The van der Waals surface area contributed by atoms with Crippen molar-refractivity contribution in [3.63, 3.8) is 0 Å². The fourth-order valence-electron chi connectivity index (χ4n) is 2.38. The Morgan fingerprint density at radius 2 is 1.91 bits per heavy atom. The van der Waals surface area contributed by atoms with Crippen LogP contribution < -0.4 is 14.2 Å². The third kappa shape index (κ3) is 3.58. The topological polar surface area (TPSA) is 44.8 Å². The number of rotatable bonds is 4. The Morgan fingerprint density at radius 1 is 1.09 bits per heavy atom. The molecular weight excluding hydrogens is 280 g/mol. The lowest BCUT2D eigenvalue weighted by atomic mass is 10.1. The van der Waals surface area contributed by atoms with Crippen LogP contribution in [0.15, 0.2) is 42.5 Å². The van der Waals surface area contributed by atoms with Crippen LogP contribution in [0.25, 0.3) is 0 Å². The molecule has 0 radical (unpaired) electrons. The maximum atomic E-state index is 11.9. The normalized spacial score (nSPS) is 12.8. The average Bonchev–Trinajstić information content (AvgIpc) is 2.53. The standard InChI is InChI=1S/C18H18O4/c1-13-3-2-4-14(11-13)5-8-18(19)22-15-6-7-16-17(12-15)21-10-9-20-16/h2-4,6-7,11-12H,5,8-10H2,1H3. The number of carbonyl (C=O) groups is 1. The van der Waals surface area contributed by atoms with Crippen LogP contribution in [0.3, 0.4) is 0 Å². The van der Waals surface area contributed by atoms with Crippen LogP contribution in [0.5, 0.6) is 17.2 Å². The van der Waals surface area contributed by atoms with Crippen molar-refractivity contribution in [3.8, 4) is 17.2 Å². The van der Waals surface area contributed by atoms with Gasteiger partial charge in [0.15, 0.2) is 11.5 Å². The number of aryl methyl sites for hydroxylation is 2. The highest BCUT2D eigenvalue weighted by molar-refractivity contribution is 5.73. The quantitative estimate of drug-likeness (QED) is 0.642. The van der Waals surface area contributed by atoms with E-state index < -0.39 is 0 Å². The van der Waals surface area contributed by atoms with Crippen molar-refractivity contribution in [1.29, 1.82) is 0 Å². The Balaban J connectivity index is 1.57. The highest BCUT2D eigenvalue weighted by Gasteiger charge is 2.13. The van der Waals surface area contributed by atoms with E-state index in [4.69, 9.17) is 14.2 Å². The van der Waals surface area contributed by atoms with Crippen LogP contribution in [0.2, 0.25) is 0 Å². The summed E-state index contributed by atoms with van der Waals surface area (Å²) in [5, 5.41) is 0. The van der Waals surface area contributed by atoms with Gasteiger partial charge in [-0.1, -0.05) is 29.8 Å². The number of ether oxygens (including phenoxy) is 3. The Morgan fingerprint density at radius 3 is 2.73 bits per heavy atom. The Bertz CT molecular complexity index is 679. The van der Waals surface area contributed by atoms with Gasteiger partial charge < -0.3 is 14.2 Å². The first kappa shape index (κ1) is 14.4. The molecule has 0 saturated carbocycles. The molecule has 0 saturated heterocycles. The van der Waals surface area contributed by atoms with Crippen molar-refractivity contribution in [2.45, 2.75) is 19.8 Å². The summed E-state index contributed by atoms with van der Waals surface area (Å²) in [4.78, 5) is 11.9. The van der Waals surface area contributed by atoms with Crippen molar-refractivity contribution in [1.82, 2.24) is 0 Å². The van der Waals surface area contributed by atoms with E-state index in [1.807, 2.05) is 25.1 Å². The SMILES string of the molecule is Cc1cccc(CCC(=O)Oc2ccc3c(c2)OCCO3)c1. The zero-order valence-corrected chi connectivity index (χ0v) is 12.5. The number of fused-ring (bicyclic) bond motifs is 1. The molecule has 0 aromatic heterocycles. The van der Waals surface area contributed by atoms with Crippen LogP contribution in [-0.4, -0.2) is 19.2 Å². The Kier molecular flexibility index (Phi) is 4.28. The van der Waals surface area contributed by atoms with E-state index in [2.05, 4.69) is 6.07 Å². The van der Waals surface area contributed by atoms with E-state index >= 15 is 0 Å². The van der Waals surface area contributed by atoms with Crippen molar-refractivity contribution in [2.75, 3.05) is 13.2 Å². The highest BCUT2D eigenvalue weighted by atomic mass is 16.6. The lowest BCUT2D eigenvalue weighted by Gasteiger charge is -2.18. The summed E-state index contributed by atoms with van der Waals surface area (Å²) in [7, 11) is 0. The van der Waals surface area contributed by atoms with Crippen LogP contribution in [-0.2, 0) is 11.2 Å². The van der Waals surface area contributed by atoms with Gasteiger partial charge in [-0.25, -0.2) is 0 Å². The molecule has 4 nitrogen and oxygen atoms in total.